The number of pyridine rings is 1. The molecule has 2 heterocycles. The SMILES string of the molecule is Cc1cc(-c2cccnc2)ccc1C(=O)Nc1ccc(Cl)c(-c2nc3ccccc3[nH]2)c1. The molecule has 0 unspecified atom stereocenters. The van der Waals surface area contributed by atoms with Crippen LogP contribution in [0.2, 0.25) is 5.02 Å². The fourth-order valence-electron chi connectivity index (χ4n) is 3.69. The number of rotatable bonds is 4. The van der Waals surface area contributed by atoms with Gasteiger partial charge in [0.15, 0.2) is 0 Å². The molecule has 3 aromatic carbocycles. The molecule has 0 aliphatic carbocycles. The molecule has 2 N–H and O–H groups in total. The van der Waals surface area contributed by atoms with Gasteiger partial charge in [-0.3, -0.25) is 9.78 Å². The third kappa shape index (κ3) is 3.86. The number of imidazole rings is 1. The number of nitrogens with zero attached hydrogens (tertiary/aromatic N) is 2. The van der Waals surface area contributed by atoms with Crippen LogP contribution in [-0.4, -0.2) is 20.9 Å². The highest BCUT2D eigenvalue weighted by Gasteiger charge is 2.14. The average Bonchev–Trinajstić information content (AvgIpc) is 3.25. The number of aryl methyl sites for hydroxylation is 1. The number of aromatic nitrogens is 3. The van der Waals surface area contributed by atoms with Gasteiger partial charge in [-0.05, 0) is 66.1 Å². The van der Waals surface area contributed by atoms with Crippen LogP contribution in [0.1, 0.15) is 15.9 Å². The first-order chi connectivity index (χ1) is 15.6. The van der Waals surface area contributed by atoms with Crippen LogP contribution in [0, 0.1) is 6.92 Å². The number of hydrogen-bond acceptors (Lipinski definition) is 3. The number of nitrogens with one attached hydrogen (secondary N) is 2. The van der Waals surface area contributed by atoms with Gasteiger partial charge in [-0.25, -0.2) is 4.98 Å². The fraction of sp³-hybridized carbons (Fsp3) is 0.0385. The van der Waals surface area contributed by atoms with Crippen LogP contribution >= 0.6 is 11.6 Å². The number of amides is 1. The molecule has 32 heavy (non-hydrogen) atoms. The second-order valence-electron chi connectivity index (χ2n) is 7.52. The van der Waals surface area contributed by atoms with Crippen molar-refractivity contribution in [2.24, 2.45) is 0 Å². The monoisotopic (exact) mass is 438 g/mol. The van der Waals surface area contributed by atoms with Gasteiger partial charge in [0.05, 0.1) is 16.1 Å². The van der Waals surface area contributed by atoms with Crippen LogP contribution < -0.4 is 5.32 Å². The van der Waals surface area contributed by atoms with Crippen molar-refractivity contribution < 1.29 is 4.79 Å². The maximum absolute atomic E-state index is 13.0. The van der Waals surface area contributed by atoms with E-state index in [2.05, 4.69) is 20.3 Å². The highest BCUT2D eigenvalue weighted by molar-refractivity contribution is 6.33. The Morgan fingerprint density at radius 3 is 2.62 bits per heavy atom. The van der Waals surface area contributed by atoms with Gasteiger partial charge >= 0.3 is 0 Å². The first kappa shape index (κ1) is 20.0. The number of benzene rings is 3. The zero-order valence-corrected chi connectivity index (χ0v) is 18.0. The molecule has 0 atom stereocenters. The summed E-state index contributed by atoms with van der Waals surface area (Å²) < 4.78 is 0. The minimum atomic E-state index is -0.182. The third-order valence-electron chi connectivity index (χ3n) is 5.33. The standard InChI is InChI=1S/C26H19ClN4O/c1-16-13-17(18-5-4-12-28-15-18)8-10-20(16)26(32)29-19-9-11-22(27)21(14-19)25-30-23-6-2-3-7-24(23)31-25/h2-15H,1H3,(H,29,32)(H,30,31). The quantitative estimate of drug-likeness (QED) is 0.336. The van der Waals surface area contributed by atoms with E-state index in [-0.39, 0.29) is 5.91 Å². The molecule has 0 spiro atoms. The van der Waals surface area contributed by atoms with E-state index in [1.54, 1.807) is 18.3 Å². The van der Waals surface area contributed by atoms with Gasteiger partial charge in [0.1, 0.15) is 5.82 Å². The summed E-state index contributed by atoms with van der Waals surface area (Å²) in [4.78, 5) is 25.0. The lowest BCUT2D eigenvalue weighted by molar-refractivity contribution is 0.102. The van der Waals surface area contributed by atoms with Crippen molar-refractivity contribution in [1.29, 1.82) is 0 Å². The highest BCUT2D eigenvalue weighted by atomic mass is 35.5. The molecule has 156 valence electrons. The summed E-state index contributed by atoms with van der Waals surface area (Å²) in [7, 11) is 0. The molecular formula is C26H19ClN4O. The summed E-state index contributed by atoms with van der Waals surface area (Å²) >= 11 is 6.43. The Morgan fingerprint density at radius 1 is 0.969 bits per heavy atom. The van der Waals surface area contributed by atoms with Crippen molar-refractivity contribution in [1.82, 2.24) is 15.0 Å². The summed E-state index contributed by atoms with van der Waals surface area (Å²) in [5.41, 5.74) is 6.68. The molecule has 1 amide bonds. The van der Waals surface area contributed by atoms with E-state index in [0.717, 1.165) is 33.3 Å². The van der Waals surface area contributed by atoms with Gasteiger partial charge in [-0.1, -0.05) is 41.9 Å². The first-order valence-electron chi connectivity index (χ1n) is 10.2. The summed E-state index contributed by atoms with van der Waals surface area (Å²) in [6, 6.07) is 22.8. The second kappa shape index (κ2) is 8.29. The van der Waals surface area contributed by atoms with Crippen LogP contribution in [0.25, 0.3) is 33.5 Å². The Labute approximate surface area is 190 Å². The van der Waals surface area contributed by atoms with Gasteiger partial charge in [0.2, 0.25) is 0 Å². The normalized spacial score (nSPS) is 10.9. The smallest absolute Gasteiger partial charge is 0.255 e. The van der Waals surface area contributed by atoms with Crippen molar-refractivity contribution in [2.75, 3.05) is 5.32 Å². The lowest BCUT2D eigenvalue weighted by Gasteiger charge is -2.11. The third-order valence-corrected chi connectivity index (χ3v) is 5.66. The number of carbonyl (C=O) groups is 1. The number of halogens is 1. The number of para-hydroxylation sites is 2. The molecule has 5 rings (SSSR count). The van der Waals surface area contributed by atoms with Crippen LogP contribution in [0.5, 0.6) is 0 Å². The molecule has 0 radical (unpaired) electrons. The van der Waals surface area contributed by atoms with E-state index in [9.17, 15) is 4.79 Å². The topological polar surface area (TPSA) is 70.7 Å². The minimum Gasteiger partial charge on any atom is -0.338 e. The Hall–Kier alpha value is -3.96. The molecule has 0 aliphatic rings. The van der Waals surface area contributed by atoms with E-state index >= 15 is 0 Å². The van der Waals surface area contributed by atoms with E-state index in [4.69, 9.17) is 11.6 Å². The molecule has 0 saturated heterocycles. The number of aromatic amines is 1. The van der Waals surface area contributed by atoms with Gasteiger partial charge in [0, 0.05) is 29.2 Å². The van der Waals surface area contributed by atoms with Crippen LogP contribution in [-0.2, 0) is 0 Å². The maximum atomic E-state index is 13.0. The summed E-state index contributed by atoms with van der Waals surface area (Å²) in [6.45, 7) is 1.93. The summed E-state index contributed by atoms with van der Waals surface area (Å²) in [6.07, 6.45) is 3.55. The van der Waals surface area contributed by atoms with Crippen molar-refractivity contribution in [3.05, 3.63) is 101 Å². The minimum absolute atomic E-state index is 0.182. The Kier molecular flexibility index (Phi) is 5.17. The predicted molar refractivity (Wildman–Crippen MR) is 129 cm³/mol. The van der Waals surface area contributed by atoms with Crippen LogP contribution in [0.15, 0.2) is 85.2 Å². The van der Waals surface area contributed by atoms with Crippen molar-refractivity contribution >= 4 is 34.2 Å². The highest BCUT2D eigenvalue weighted by Crippen LogP contribution is 2.30. The number of anilines is 1. The van der Waals surface area contributed by atoms with Gasteiger partial charge < -0.3 is 10.3 Å². The molecular weight excluding hydrogens is 420 g/mol. The van der Waals surface area contributed by atoms with Crippen molar-refractivity contribution in [2.45, 2.75) is 6.92 Å². The Balaban J connectivity index is 1.42. The number of fused-ring (bicyclic) bond motifs is 1. The maximum Gasteiger partial charge on any atom is 0.255 e. The Morgan fingerprint density at radius 2 is 1.84 bits per heavy atom. The summed E-state index contributed by atoms with van der Waals surface area (Å²) in [5, 5.41) is 3.53. The van der Waals surface area contributed by atoms with E-state index < -0.39 is 0 Å². The second-order valence-corrected chi connectivity index (χ2v) is 7.93. The lowest BCUT2D eigenvalue weighted by Crippen LogP contribution is -2.13. The van der Waals surface area contributed by atoms with E-state index in [1.165, 1.54) is 0 Å². The van der Waals surface area contributed by atoms with Crippen molar-refractivity contribution in [3.8, 4) is 22.5 Å². The molecule has 5 aromatic rings. The zero-order chi connectivity index (χ0) is 22.1. The summed E-state index contributed by atoms with van der Waals surface area (Å²) in [5.74, 6) is 0.474. The van der Waals surface area contributed by atoms with Crippen molar-refractivity contribution in [3.63, 3.8) is 0 Å². The van der Waals surface area contributed by atoms with Gasteiger partial charge in [0.25, 0.3) is 5.91 Å². The van der Waals surface area contributed by atoms with Crippen LogP contribution in [0.3, 0.4) is 0 Å². The van der Waals surface area contributed by atoms with Gasteiger partial charge in [-0.15, -0.1) is 0 Å². The largest absolute Gasteiger partial charge is 0.338 e. The van der Waals surface area contributed by atoms with Gasteiger partial charge in [-0.2, -0.15) is 0 Å². The molecule has 0 bridgehead atoms. The Bertz CT molecular complexity index is 1410. The molecule has 2 aromatic heterocycles. The van der Waals surface area contributed by atoms with Crippen LogP contribution in [0.4, 0.5) is 5.69 Å². The zero-order valence-electron chi connectivity index (χ0n) is 17.3. The molecule has 6 heteroatoms. The first-order valence-corrected chi connectivity index (χ1v) is 10.5. The lowest BCUT2D eigenvalue weighted by atomic mass is 10.0. The number of H-pyrrole nitrogens is 1. The molecule has 0 fully saturated rings. The van der Waals surface area contributed by atoms with E-state index in [1.807, 2.05) is 73.8 Å². The molecule has 0 aliphatic heterocycles. The average molecular weight is 439 g/mol. The predicted octanol–water partition coefficient (Wildman–Crippen LogP) is 6.51. The molecule has 5 nitrogen and oxygen atoms in total. The number of carbonyl (C=O) groups excluding carboxylic acids is 1. The fourth-order valence-corrected chi connectivity index (χ4v) is 3.90. The van der Waals surface area contributed by atoms with E-state index in [0.29, 0.717) is 22.1 Å². The number of hydrogen-bond donors (Lipinski definition) is 2. The molecule has 0 saturated carbocycles.